The Labute approximate surface area is 152 Å². The molecule has 2 heterocycles. The average Bonchev–Trinajstić information content (AvgIpc) is 3.05. The van der Waals surface area contributed by atoms with E-state index >= 15 is 0 Å². The summed E-state index contributed by atoms with van der Waals surface area (Å²) in [4.78, 5) is 20.6. The summed E-state index contributed by atoms with van der Waals surface area (Å²) in [5.41, 5.74) is 0.0678. The van der Waals surface area contributed by atoms with Crippen molar-refractivity contribution in [3.63, 3.8) is 0 Å². The molecule has 9 heteroatoms. The fraction of sp³-hybridized carbons (Fsp3) is 0.278. The molecule has 0 saturated heterocycles. The van der Waals surface area contributed by atoms with E-state index in [9.17, 15) is 18.0 Å². The second-order valence-corrected chi connectivity index (χ2v) is 5.89. The number of fused-ring (bicyclic) bond motifs is 1. The van der Waals surface area contributed by atoms with Gasteiger partial charge in [0.1, 0.15) is 0 Å². The summed E-state index contributed by atoms with van der Waals surface area (Å²) in [6.45, 7) is -0.255. The summed E-state index contributed by atoms with van der Waals surface area (Å²) in [6, 6.07) is 3.68. The molecule has 0 amide bonds. The summed E-state index contributed by atoms with van der Waals surface area (Å²) in [5, 5.41) is 0.257. The summed E-state index contributed by atoms with van der Waals surface area (Å²) >= 11 is 0. The van der Waals surface area contributed by atoms with Gasteiger partial charge in [-0.25, -0.2) is 14.8 Å². The molecule has 0 unspecified atom stereocenters. The number of carbonyl (C=O) groups is 1. The number of aromatic nitrogens is 3. The second-order valence-electron chi connectivity index (χ2n) is 5.89. The van der Waals surface area contributed by atoms with Gasteiger partial charge >= 0.3 is 12.1 Å². The molecule has 3 aromatic rings. The van der Waals surface area contributed by atoms with Crippen molar-refractivity contribution in [3.8, 4) is 11.4 Å². The minimum Gasteiger partial charge on any atom is -0.465 e. The topological polar surface area (TPSA) is 66.2 Å². The summed E-state index contributed by atoms with van der Waals surface area (Å²) in [6.07, 6.45) is -1.54. The van der Waals surface area contributed by atoms with E-state index in [1.54, 1.807) is 11.6 Å². The van der Waals surface area contributed by atoms with E-state index in [-0.39, 0.29) is 28.6 Å². The molecule has 142 valence electrons. The van der Waals surface area contributed by atoms with Gasteiger partial charge in [-0.2, -0.15) is 13.2 Å². The summed E-state index contributed by atoms with van der Waals surface area (Å²) in [5.74, 6) is -0.672. The average molecular weight is 379 g/mol. The van der Waals surface area contributed by atoms with E-state index in [0.29, 0.717) is 11.4 Å². The van der Waals surface area contributed by atoms with Crippen LogP contribution >= 0.6 is 0 Å². The van der Waals surface area contributed by atoms with Crippen molar-refractivity contribution in [1.29, 1.82) is 0 Å². The molecule has 0 spiro atoms. The number of methoxy groups -OCH3 is 2. The van der Waals surface area contributed by atoms with Crippen molar-refractivity contribution in [2.75, 3.05) is 14.2 Å². The molecule has 0 atom stereocenters. The normalized spacial score (nSPS) is 11.8. The minimum absolute atomic E-state index is 0.0290. The molecule has 0 saturated carbocycles. The van der Waals surface area contributed by atoms with Crippen molar-refractivity contribution >= 4 is 16.9 Å². The lowest BCUT2D eigenvalue weighted by molar-refractivity contribution is -0.138. The van der Waals surface area contributed by atoms with Gasteiger partial charge in [-0.1, -0.05) is 0 Å². The predicted octanol–water partition coefficient (Wildman–Crippen LogP) is 3.59. The van der Waals surface area contributed by atoms with Crippen LogP contribution in [0.3, 0.4) is 0 Å². The van der Waals surface area contributed by atoms with Crippen LogP contribution in [0.25, 0.3) is 22.3 Å². The number of imidazole rings is 1. The van der Waals surface area contributed by atoms with Gasteiger partial charge in [-0.05, 0) is 23.8 Å². The maximum atomic E-state index is 13.5. The standard InChI is InChI=1S/C18H16F3N3O3/c1-24-9-22-7-16(24)15-5-12(17(25)27-3)11-4-10(8-26-2)13(18(19,20)21)6-14(11)23-15/h4-7,9H,8H2,1-3H3. The van der Waals surface area contributed by atoms with Crippen LogP contribution < -0.4 is 0 Å². The molecule has 0 bridgehead atoms. The van der Waals surface area contributed by atoms with Gasteiger partial charge in [0.2, 0.25) is 0 Å². The fourth-order valence-electron chi connectivity index (χ4n) is 2.87. The number of hydrogen-bond acceptors (Lipinski definition) is 5. The van der Waals surface area contributed by atoms with E-state index in [4.69, 9.17) is 9.47 Å². The van der Waals surface area contributed by atoms with E-state index in [1.165, 1.54) is 38.9 Å². The SMILES string of the molecule is COCc1cc2c(C(=O)OC)cc(-c3cncn3C)nc2cc1C(F)(F)F. The molecular formula is C18H16F3N3O3. The molecular weight excluding hydrogens is 363 g/mol. The molecule has 1 aromatic carbocycles. The van der Waals surface area contributed by atoms with Gasteiger partial charge < -0.3 is 14.0 Å². The Morgan fingerprint density at radius 1 is 1.22 bits per heavy atom. The summed E-state index contributed by atoms with van der Waals surface area (Å²) in [7, 11) is 4.22. The van der Waals surface area contributed by atoms with Crippen molar-refractivity contribution in [2.45, 2.75) is 12.8 Å². The molecule has 0 radical (unpaired) electrons. The molecule has 0 fully saturated rings. The smallest absolute Gasteiger partial charge is 0.416 e. The quantitative estimate of drug-likeness (QED) is 0.648. The highest BCUT2D eigenvalue weighted by Crippen LogP contribution is 2.36. The zero-order chi connectivity index (χ0) is 19.8. The molecule has 3 rings (SSSR count). The van der Waals surface area contributed by atoms with Crippen molar-refractivity contribution < 1.29 is 27.4 Å². The Kier molecular flexibility index (Phi) is 4.88. The van der Waals surface area contributed by atoms with Crippen LogP contribution in [0.15, 0.2) is 30.7 Å². The lowest BCUT2D eigenvalue weighted by Gasteiger charge is -2.16. The number of aryl methyl sites for hydroxylation is 1. The van der Waals surface area contributed by atoms with E-state index in [1.807, 2.05) is 0 Å². The van der Waals surface area contributed by atoms with Gasteiger partial charge in [-0.15, -0.1) is 0 Å². The van der Waals surface area contributed by atoms with Crippen LogP contribution in [-0.2, 0) is 29.3 Å². The number of carbonyl (C=O) groups excluding carboxylic acids is 1. The zero-order valence-corrected chi connectivity index (χ0v) is 14.8. The molecule has 0 N–H and O–H groups in total. The third-order valence-electron chi connectivity index (χ3n) is 4.12. The first-order valence-electron chi connectivity index (χ1n) is 7.85. The largest absolute Gasteiger partial charge is 0.465 e. The monoisotopic (exact) mass is 379 g/mol. The highest BCUT2D eigenvalue weighted by molar-refractivity contribution is 6.05. The van der Waals surface area contributed by atoms with Gasteiger partial charge in [0.25, 0.3) is 0 Å². The van der Waals surface area contributed by atoms with E-state index in [0.717, 1.165) is 6.07 Å². The van der Waals surface area contributed by atoms with Crippen LogP contribution in [0.5, 0.6) is 0 Å². The number of ether oxygens (including phenoxy) is 2. The lowest BCUT2D eigenvalue weighted by Crippen LogP contribution is -2.12. The molecule has 0 aliphatic rings. The molecule has 0 aliphatic carbocycles. The number of benzene rings is 1. The molecule has 6 nitrogen and oxygen atoms in total. The first-order valence-corrected chi connectivity index (χ1v) is 7.85. The number of alkyl halides is 3. The maximum Gasteiger partial charge on any atom is 0.416 e. The van der Waals surface area contributed by atoms with Gasteiger partial charge in [0.05, 0.1) is 54.3 Å². The van der Waals surface area contributed by atoms with Gasteiger partial charge in [0, 0.05) is 19.5 Å². The van der Waals surface area contributed by atoms with Crippen LogP contribution in [0.4, 0.5) is 13.2 Å². The number of hydrogen-bond donors (Lipinski definition) is 0. The van der Waals surface area contributed by atoms with E-state index < -0.39 is 17.7 Å². The number of rotatable bonds is 4. The second kappa shape index (κ2) is 6.99. The molecule has 0 aliphatic heterocycles. The van der Waals surface area contributed by atoms with Crippen LogP contribution in [0.2, 0.25) is 0 Å². The number of halogens is 3. The van der Waals surface area contributed by atoms with Crippen molar-refractivity contribution in [1.82, 2.24) is 14.5 Å². The molecule has 27 heavy (non-hydrogen) atoms. The summed E-state index contributed by atoms with van der Waals surface area (Å²) < 4.78 is 51.8. The Balaban J connectivity index is 2.36. The van der Waals surface area contributed by atoms with E-state index in [2.05, 4.69) is 9.97 Å². The Morgan fingerprint density at radius 3 is 2.52 bits per heavy atom. The Bertz CT molecular complexity index is 1010. The highest BCUT2D eigenvalue weighted by atomic mass is 19.4. The first-order chi connectivity index (χ1) is 12.8. The van der Waals surface area contributed by atoms with Gasteiger partial charge in [0.15, 0.2) is 0 Å². The number of esters is 1. The fourth-order valence-corrected chi connectivity index (χ4v) is 2.87. The first kappa shape index (κ1) is 18.8. The van der Waals surface area contributed by atoms with Crippen LogP contribution in [0, 0.1) is 0 Å². The highest BCUT2D eigenvalue weighted by Gasteiger charge is 2.34. The number of nitrogens with zero attached hydrogens (tertiary/aromatic N) is 3. The minimum atomic E-state index is -4.59. The third-order valence-corrected chi connectivity index (χ3v) is 4.12. The zero-order valence-electron chi connectivity index (χ0n) is 14.8. The van der Waals surface area contributed by atoms with Crippen LogP contribution in [0.1, 0.15) is 21.5 Å². The Hall–Kier alpha value is -2.94. The molecule has 2 aromatic heterocycles. The van der Waals surface area contributed by atoms with Crippen molar-refractivity contribution in [2.24, 2.45) is 7.05 Å². The van der Waals surface area contributed by atoms with Crippen LogP contribution in [-0.4, -0.2) is 34.7 Å². The lowest BCUT2D eigenvalue weighted by atomic mass is 9.99. The maximum absolute atomic E-state index is 13.5. The third kappa shape index (κ3) is 3.50. The Morgan fingerprint density at radius 2 is 1.96 bits per heavy atom. The van der Waals surface area contributed by atoms with Crippen molar-refractivity contribution in [3.05, 3.63) is 47.4 Å². The predicted molar refractivity (Wildman–Crippen MR) is 91.0 cm³/mol. The number of pyridine rings is 1. The van der Waals surface area contributed by atoms with Gasteiger partial charge in [-0.3, -0.25) is 0 Å².